The standard InChI is InChI=1S/C19H22N2O3S/c1-3-12-7-8-16-14(9-12)10-17(25-16)19(23)21-20-11-13-5-4-6-15(24-2)18(13)22/h4-6,10-12,22H,3,7-9H2,1-2H3,(H,21,23)/b20-11+/t12-/m0/s1. The third kappa shape index (κ3) is 3.85. The number of carbonyl (C=O) groups is 1. The molecule has 1 amide bonds. The van der Waals surface area contributed by atoms with Crippen LogP contribution in [0.2, 0.25) is 0 Å². The van der Waals surface area contributed by atoms with Gasteiger partial charge < -0.3 is 9.84 Å². The highest BCUT2D eigenvalue weighted by atomic mass is 32.1. The van der Waals surface area contributed by atoms with E-state index in [0.29, 0.717) is 16.2 Å². The molecule has 1 atom stereocenters. The van der Waals surface area contributed by atoms with E-state index in [2.05, 4.69) is 17.5 Å². The number of nitrogens with zero attached hydrogens (tertiary/aromatic N) is 1. The Kier molecular flexibility index (Phi) is 5.38. The number of aromatic hydroxyl groups is 1. The Balaban J connectivity index is 1.66. The van der Waals surface area contributed by atoms with Gasteiger partial charge in [-0.3, -0.25) is 4.79 Å². The molecule has 0 spiro atoms. The first-order valence-corrected chi connectivity index (χ1v) is 9.25. The lowest BCUT2D eigenvalue weighted by atomic mass is 9.87. The number of phenolic OH excluding ortho intramolecular Hbond substituents is 1. The SMILES string of the molecule is CC[C@H]1CCc2sc(C(=O)N/N=C/c3cccc(OC)c3O)cc2C1. The normalized spacial score (nSPS) is 16.6. The van der Waals surface area contributed by atoms with E-state index in [1.165, 1.54) is 36.6 Å². The van der Waals surface area contributed by atoms with Crippen LogP contribution in [0, 0.1) is 5.92 Å². The molecule has 5 nitrogen and oxygen atoms in total. The molecule has 1 aliphatic rings. The number of fused-ring (bicyclic) bond motifs is 1. The molecule has 2 N–H and O–H groups in total. The van der Waals surface area contributed by atoms with Crippen LogP contribution in [0.1, 0.15) is 45.4 Å². The zero-order chi connectivity index (χ0) is 17.8. The van der Waals surface area contributed by atoms with Crippen molar-refractivity contribution in [2.45, 2.75) is 32.6 Å². The molecule has 1 aromatic carbocycles. The number of amides is 1. The van der Waals surface area contributed by atoms with Gasteiger partial charge in [0, 0.05) is 10.4 Å². The van der Waals surface area contributed by atoms with Gasteiger partial charge in [-0.2, -0.15) is 5.10 Å². The summed E-state index contributed by atoms with van der Waals surface area (Å²) in [6, 6.07) is 7.10. The minimum Gasteiger partial charge on any atom is -0.504 e. The van der Waals surface area contributed by atoms with E-state index in [1.54, 1.807) is 29.5 Å². The van der Waals surface area contributed by atoms with Crippen LogP contribution < -0.4 is 10.2 Å². The molecular formula is C19H22N2O3S. The van der Waals surface area contributed by atoms with Crippen molar-refractivity contribution >= 4 is 23.5 Å². The van der Waals surface area contributed by atoms with Gasteiger partial charge in [-0.15, -0.1) is 11.3 Å². The van der Waals surface area contributed by atoms with E-state index >= 15 is 0 Å². The lowest BCUT2D eigenvalue weighted by Gasteiger charge is -2.19. The molecule has 0 saturated heterocycles. The van der Waals surface area contributed by atoms with Gasteiger partial charge in [0.2, 0.25) is 0 Å². The first-order chi connectivity index (χ1) is 12.1. The van der Waals surface area contributed by atoms with E-state index in [1.807, 2.05) is 6.07 Å². The molecule has 25 heavy (non-hydrogen) atoms. The van der Waals surface area contributed by atoms with Crippen LogP contribution in [0.4, 0.5) is 0 Å². The molecule has 132 valence electrons. The molecule has 0 radical (unpaired) electrons. The maximum absolute atomic E-state index is 12.3. The largest absolute Gasteiger partial charge is 0.504 e. The Bertz CT molecular complexity index is 798. The summed E-state index contributed by atoms with van der Waals surface area (Å²) in [4.78, 5) is 14.3. The Morgan fingerprint density at radius 3 is 3.12 bits per heavy atom. The van der Waals surface area contributed by atoms with Gasteiger partial charge in [0.25, 0.3) is 5.91 Å². The van der Waals surface area contributed by atoms with E-state index in [-0.39, 0.29) is 11.7 Å². The lowest BCUT2D eigenvalue weighted by molar-refractivity contribution is 0.0959. The Labute approximate surface area is 151 Å². The molecule has 2 aromatic rings. The number of benzene rings is 1. The monoisotopic (exact) mass is 358 g/mol. The first kappa shape index (κ1) is 17.5. The minimum atomic E-state index is -0.217. The van der Waals surface area contributed by atoms with Crippen molar-refractivity contribution in [3.63, 3.8) is 0 Å². The summed E-state index contributed by atoms with van der Waals surface area (Å²) >= 11 is 1.56. The smallest absolute Gasteiger partial charge is 0.281 e. The summed E-state index contributed by atoms with van der Waals surface area (Å²) in [5, 5.41) is 14.0. The Morgan fingerprint density at radius 2 is 2.36 bits per heavy atom. The van der Waals surface area contributed by atoms with Crippen LogP contribution in [0.25, 0.3) is 0 Å². The zero-order valence-electron chi connectivity index (χ0n) is 14.4. The number of methoxy groups -OCH3 is 1. The maximum Gasteiger partial charge on any atom is 0.281 e. The van der Waals surface area contributed by atoms with Crippen molar-refractivity contribution < 1.29 is 14.6 Å². The van der Waals surface area contributed by atoms with Gasteiger partial charge in [-0.25, -0.2) is 5.43 Å². The van der Waals surface area contributed by atoms with Crippen LogP contribution in [0.5, 0.6) is 11.5 Å². The highest BCUT2D eigenvalue weighted by molar-refractivity contribution is 7.14. The molecule has 0 fully saturated rings. The van der Waals surface area contributed by atoms with E-state index < -0.39 is 0 Å². The molecule has 0 bridgehead atoms. The van der Waals surface area contributed by atoms with Gasteiger partial charge >= 0.3 is 0 Å². The van der Waals surface area contributed by atoms with Gasteiger partial charge in [-0.1, -0.05) is 19.4 Å². The number of aryl methyl sites for hydroxylation is 1. The van der Waals surface area contributed by atoms with Gasteiger partial charge in [0.15, 0.2) is 11.5 Å². The fourth-order valence-electron chi connectivity index (χ4n) is 3.08. The summed E-state index contributed by atoms with van der Waals surface area (Å²) in [6.07, 6.45) is 5.93. The maximum atomic E-state index is 12.3. The van der Waals surface area contributed by atoms with Crippen LogP contribution in [0.15, 0.2) is 29.4 Å². The number of hydrogen-bond donors (Lipinski definition) is 2. The number of phenols is 1. The molecule has 1 heterocycles. The molecule has 6 heteroatoms. The molecule has 1 aliphatic carbocycles. The predicted molar refractivity (Wildman–Crippen MR) is 99.8 cm³/mol. The van der Waals surface area contributed by atoms with Crippen molar-refractivity contribution in [2.75, 3.05) is 7.11 Å². The summed E-state index contributed by atoms with van der Waals surface area (Å²) in [6.45, 7) is 2.22. The van der Waals surface area contributed by atoms with Crippen molar-refractivity contribution in [1.29, 1.82) is 0 Å². The fraction of sp³-hybridized carbons (Fsp3) is 0.368. The quantitative estimate of drug-likeness (QED) is 0.632. The minimum absolute atomic E-state index is 0.000180. The van der Waals surface area contributed by atoms with Crippen LogP contribution in [-0.4, -0.2) is 24.3 Å². The van der Waals surface area contributed by atoms with Gasteiger partial charge in [-0.05, 0) is 48.9 Å². The highest BCUT2D eigenvalue weighted by Crippen LogP contribution is 2.33. The third-order valence-electron chi connectivity index (χ3n) is 4.61. The molecule has 1 aromatic heterocycles. The topological polar surface area (TPSA) is 70.9 Å². The number of hydrazone groups is 1. The number of hydrogen-bond acceptors (Lipinski definition) is 5. The predicted octanol–water partition coefficient (Wildman–Crippen LogP) is 3.74. The third-order valence-corrected chi connectivity index (χ3v) is 5.84. The number of rotatable bonds is 5. The second kappa shape index (κ2) is 7.70. The van der Waals surface area contributed by atoms with Crippen molar-refractivity contribution in [1.82, 2.24) is 5.43 Å². The molecular weight excluding hydrogens is 336 g/mol. The summed E-state index contributed by atoms with van der Waals surface area (Å²) < 4.78 is 5.05. The van der Waals surface area contributed by atoms with Crippen molar-refractivity contribution in [3.8, 4) is 11.5 Å². The Morgan fingerprint density at radius 1 is 1.52 bits per heavy atom. The second-order valence-electron chi connectivity index (χ2n) is 6.17. The number of para-hydroxylation sites is 1. The van der Waals surface area contributed by atoms with Gasteiger partial charge in [0.05, 0.1) is 18.2 Å². The number of carbonyl (C=O) groups excluding carboxylic acids is 1. The number of nitrogens with one attached hydrogen (secondary N) is 1. The van der Waals surface area contributed by atoms with Crippen molar-refractivity contribution in [2.24, 2.45) is 11.0 Å². The average Bonchev–Trinajstić information content (AvgIpc) is 3.06. The summed E-state index contributed by atoms with van der Waals surface area (Å²) in [5.74, 6) is 0.880. The number of thiophene rings is 1. The lowest BCUT2D eigenvalue weighted by Crippen LogP contribution is -2.16. The van der Waals surface area contributed by atoms with Gasteiger partial charge in [0.1, 0.15) is 0 Å². The fourth-order valence-corrected chi connectivity index (χ4v) is 4.18. The van der Waals surface area contributed by atoms with E-state index in [9.17, 15) is 9.90 Å². The number of ether oxygens (including phenoxy) is 1. The summed E-state index contributed by atoms with van der Waals surface area (Å²) in [7, 11) is 1.49. The first-order valence-electron chi connectivity index (χ1n) is 8.43. The molecule has 0 saturated carbocycles. The van der Waals surface area contributed by atoms with Crippen LogP contribution >= 0.6 is 11.3 Å². The molecule has 0 unspecified atom stereocenters. The van der Waals surface area contributed by atoms with E-state index in [4.69, 9.17) is 4.74 Å². The second-order valence-corrected chi connectivity index (χ2v) is 7.31. The molecule has 0 aliphatic heterocycles. The van der Waals surface area contributed by atoms with Crippen molar-refractivity contribution in [3.05, 3.63) is 45.1 Å². The van der Waals surface area contributed by atoms with Crippen LogP contribution in [-0.2, 0) is 12.8 Å². The average molecular weight is 358 g/mol. The molecule has 3 rings (SSSR count). The summed E-state index contributed by atoms with van der Waals surface area (Å²) in [5.41, 5.74) is 4.33. The Hall–Kier alpha value is -2.34. The highest BCUT2D eigenvalue weighted by Gasteiger charge is 2.21. The zero-order valence-corrected chi connectivity index (χ0v) is 15.2. The van der Waals surface area contributed by atoms with Crippen LogP contribution in [0.3, 0.4) is 0 Å². The van der Waals surface area contributed by atoms with E-state index in [0.717, 1.165) is 18.8 Å².